The van der Waals surface area contributed by atoms with Gasteiger partial charge in [0.25, 0.3) is 5.91 Å². The summed E-state index contributed by atoms with van der Waals surface area (Å²) in [4.78, 5) is 18.5. The second kappa shape index (κ2) is 8.52. The molecule has 0 saturated carbocycles. The molecule has 1 N–H and O–H groups in total. The number of benzene rings is 1. The average molecular weight is 546 g/mol. The third kappa shape index (κ3) is 3.86. The van der Waals surface area contributed by atoms with Gasteiger partial charge in [-0.15, -0.1) is 11.3 Å². The zero-order chi connectivity index (χ0) is 24.0. The van der Waals surface area contributed by atoms with Crippen LogP contribution in [0.1, 0.15) is 45.0 Å². The lowest BCUT2D eigenvalue weighted by molar-refractivity contribution is -0.142. The number of rotatable bonds is 3. The number of alkyl halides is 3. The molecule has 1 aromatic carbocycles. The van der Waals surface area contributed by atoms with Crippen molar-refractivity contribution in [3.63, 3.8) is 0 Å². The Balaban J connectivity index is 1.66. The van der Waals surface area contributed by atoms with Gasteiger partial charge in [-0.3, -0.25) is 4.79 Å². The Labute approximate surface area is 204 Å². The number of halogens is 4. The first-order chi connectivity index (χ1) is 16.3. The van der Waals surface area contributed by atoms with Gasteiger partial charge in [-0.1, -0.05) is 28.1 Å². The molecule has 3 heterocycles. The highest BCUT2D eigenvalue weighted by molar-refractivity contribution is 9.10. The van der Waals surface area contributed by atoms with Gasteiger partial charge in [0.1, 0.15) is 16.8 Å². The molecule has 34 heavy (non-hydrogen) atoms. The van der Waals surface area contributed by atoms with E-state index in [1.807, 2.05) is 0 Å². The predicted molar refractivity (Wildman–Crippen MR) is 125 cm³/mol. The Bertz CT molecular complexity index is 1470. The number of nitrogens with zero attached hydrogens (tertiary/aromatic N) is 4. The van der Waals surface area contributed by atoms with Crippen molar-refractivity contribution in [1.82, 2.24) is 14.6 Å². The van der Waals surface area contributed by atoms with E-state index in [9.17, 15) is 23.2 Å². The lowest BCUT2D eigenvalue weighted by Crippen LogP contribution is -2.15. The monoisotopic (exact) mass is 545 g/mol. The van der Waals surface area contributed by atoms with E-state index in [0.717, 1.165) is 52.9 Å². The highest BCUT2D eigenvalue weighted by Gasteiger charge is 2.36. The van der Waals surface area contributed by atoms with Crippen molar-refractivity contribution in [1.29, 1.82) is 5.26 Å². The molecule has 0 radical (unpaired) electrons. The summed E-state index contributed by atoms with van der Waals surface area (Å²) < 4.78 is 42.4. The normalized spacial score (nSPS) is 13.5. The molecule has 4 aromatic rings. The first-order valence-electron chi connectivity index (χ1n) is 10.3. The average Bonchev–Trinajstić information content (AvgIpc) is 3.36. The van der Waals surface area contributed by atoms with Gasteiger partial charge in [-0.2, -0.15) is 23.5 Å². The van der Waals surface area contributed by atoms with Crippen molar-refractivity contribution < 1.29 is 18.0 Å². The zero-order valence-corrected chi connectivity index (χ0v) is 19.8. The Morgan fingerprint density at radius 1 is 1.18 bits per heavy atom. The van der Waals surface area contributed by atoms with Gasteiger partial charge < -0.3 is 5.32 Å². The van der Waals surface area contributed by atoms with E-state index < -0.39 is 17.8 Å². The third-order valence-electron chi connectivity index (χ3n) is 5.67. The van der Waals surface area contributed by atoms with Crippen molar-refractivity contribution >= 4 is 43.8 Å². The summed E-state index contributed by atoms with van der Waals surface area (Å²) in [6.07, 6.45) is -0.0662. The minimum Gasteiger partial charge on any atom is -0.311 e. The first kappa shape index (κ1) is 22.6. The quantitative estimate of drug-likeness (QED) is 0.330. The number of hydrogen-bond donors (Lipinski definition) is 1. The lowest BCUT2D eigenvalue weighted by Gasteiger charge is -2.09. The summed E-state index contributed by atoms with van der Waals surface area (Å²) >= 11 is 4.67. The fourth-order valence-corrected chi connectivity index (χ4v) is 5.63. The van der Waals surface area contributed by atoms with Crippen molar-refractivity contribution in [3.8, 4) is 17.2 Å². The van der Waals surface area contributed by atoms with Crippen LogP contribution in [0.5, 0.6) is 0 Å². The SMILES string of the molecule is N#Cc1c(NC(=O)c2nn3c(C(F)(F)F)ccnc3c2-c2ccc(Br)cc2)sc2c1CCCC2. The summed E-state index contributed by atoms with van der Waals surface area (Å²) in [5.74, 6) is -0.702. The number of hydrogen-bond acceptors (Lipinski definition) is 5. The van der Waals surface area contributed by atoms with Gasteiger partial charge in [0.05, 0.1) is 11.1 Å². The van der Waals surface area contributed by atoms with Crippen LogP contribution in [0.2, 0.25) is 0 Å². The van der Waals surface area contributed by atoms with Crippen LogP contribution in [0.15, 0.2) is 41.0 Å². The van der Waals surface area contributed by atoms with Gasteiger partial charge in [0.2, 0.25) is 0 Å². The Morgan fingerprint density at radius 2 is 1.91 bits per heavy atom. The van der Waals surface area contributed by atoms with Gasteiger partial charge >= 0.3 is 6.18 Å². The molecule has 0 atom stereocenters. The number of fused-ring (bicyclic) bond motifs is 2. The van der Waals surface area contributed by atoms with E-state index in [1.165, 1.54) is 11.3 Å². The minimum absolute atomic E-state index is 0.0896. The summed E-state index contributed by atoms with van der Waals surface area (Å²) in [5, 5.41) is 16.9. The molecule has 0 fully saturated rings. The van der Waals surface area contributed by atoms with E-state index in [0.29, 0.717) is 20.6 Å². The molecule has 0 bridgehead atoms. The minimum atomic E-state index is -4.70. The van der Waals surface area contributed by atoms with Gasteiger partial charge in [-0.05, 0) is 55.0 Å². The predicted octanol–water partition coefficient (Wildman–Crippen LogP) is 6.24. The summed E-state index contributed by atoms with van der Waals surface area (Å²) in [6.45, 7) is 0. The van der Waals surface area contributed by atoms with Crippen LogP contribution in [0, 0.1) is 11.3 Å². The maximum absolute atomic E-state index is 13.7. The molecule has 3 aromatic heterocycles. The van der Waals surface area contributed by atoms with E-state index in [1.54, 1.807) is 24.3 Å². The van der Waals surface area contributed by atoms with Crippen molar-refractivity contribution in [2.45, 2.75) is 31.9 Å². The maximum Gasteiger partial charge on any atom is 0.433 e. The highest BCUT2D eigenvalue weighted by atomic mass is 79.9. The molecule has 1 aliphatic carbocycles. The number of amides is 1. The molecule has 0 aliphatic heterocycles. The standard InChI is InChI=1S/C23H15BrF3N5OS/c24-13-7-5-12(6-8-13)18-19(31-32-17(23(25,26)27)9-10-29-20(18)32)21(33)30-22-15(11-28)14-3-1-2-4-16(14)34-22/h5-10H,1-4H2,(H,30,33). The van der Waals surface area contributed by atoms with Crippen LogP contribution in [0.3, 0.4) is 0 Å². The number of nitrogens with one attached hydrogen (secondary N) is 1. The number of aromatic nitrogens is 3. The topological polar surface area (TPSA) is 83.1 Å². The highest BCUT2D eigenvalue weighted by Crippen LogP contribution is 2.39. The van der Waals surface area contributed by atoms with Crippen molar-refractivity contribution in [2.75, 3.05) is 5.32 Å². The first-order valence-corrected chi connectivity index (χ1v) is 12.0. The van der Waals surface area contributed by atoms with E-state index in [4.69, 9.17) is 0 Å². The van der Waals surface area contributed by atoms with Gasteiger partial charge in [0, 0.05) is 15.5 Å². The number of carbonyl (C=O) groups excluding carboxylic acids is 1. The van der Waals surface area contributed by atoms with Crippen LogP contribution < -0.4 is 5.32 Å². The van der Waals surface area contributed by atoms with E-state index in [2.05, 4.69) is 37.4 Å². The largest absolute Gasteiger partial charge is 0.433 e. The van der Waals surface area contributed by atoms with Crippen molar-refractivity contribution in [2.24, 2.45) is 0 Å². The molecule has 0 spiro atoms. The van der Waals surface area contributed by atoms with Crippen molar-refractivity contribution in [3.05, 3.63) is 68.4 Å². The summed E-state index contributed by atoms with van der Waals surface area (Å²) in [7, 11) is 0. The number of carbonyl (C=O) groups is 1. The maximum atomic E-state index is 13.7. The van der Waals surface area contributed by atoms with Crippen LogP contribution in [0.25, 0.3) is 16.8 Å². The fraction of sp³-hybridized carbons (Fsp3) is 0.217. The fourth-order valence-electron chi connectivity index (χ4n) is 4.14. The van der Waals surface area contributed by atoms with Crippen LogP contribution in [-0.4, -0.2) is 20.5 Å². The number of nitriles is 1. The number of anilines is 1. The summed E-state index contributed by atoms with van der Waals surface area (Å²) in [6, 6.07) is 9.76. The van der Waals surface area contributed by atoms with Crippen LogP contribution in [0.4, 0.5) is 18.2 Å². The Kier molecular flexibility index (Phi) is 5.65. The van der Waals surface area contributed by atoms with Gasteiger partial charge in [-0.25, -0.2) is 9.50 Å². The molecule has 0 unspecified atom stereocenters. The molecule has 5 rings (SSSR count). The molecule has 6 nitrogen and oxygen atoms in total. The van der Waals surface area contributed by atoms with E-state index >= 15 is 0 Å². The van der Waals surface area contributed by atoms with Crippen LogP contribution >= 0.6 is 27.3 Å². The second-order valence-corrected chi connectivity index (χ2v) is 9.80. The number of aryl methyl sites for hydroxylation is 1. The molecule has 1 aliphatic rings. The lowest BCUT2D eigenvalue weighted by atomic mass is 9.96. The molecular formula is C23H15BrF3N5OS. The molecular weight excluding hydrogens is 531 g/mol. The Hall–Kier alpha value is -3.23. The zero-order valence-electron chi connectivity index (χ0n) is 17.4. The number of thiophene rings is 1. The Morgan fingerprint density at radius 3 is 2.62 bits per heavy atom. The second-order valence-electron chi connectivity index (χ2n) is 7.77. The molecule has 0 saturated heterocycles. The van der Waals surface area contributed by atoms with Crippen LogP contribution in [-0.2, 0) is 19.0 Å². The molecule has 11 heteroatoms. The molecule has 1 amide bonds. The summed E-state index contributed by atoms with van der Waals surface area (Å²) in [5.41, 5.74) is 0.681. The third-order valence-corrected chi connectivity index (χ3v) is 7.40. The molecule has 172 valence electrons. The van der Waals surface area contributed by atoms with Gasteiger partial charge in [0.15, 0.2) is 11.3 Å². The van der Waals surface area contributed by atoms with E-state index in [-0.39, 0.29) is 16.9 Å². The smallest absolute Gasteiger partial charge is 0.311 e.